The quantitative estimate of drug-likeness (QED) is 0.621. The summed E-state index contributed by atoms with van der Waals surface area (Å²) in [6, 6.07) is 1.82. The fraction of sp³-hybridized carbons (Fsp3) is 0.500. The lowest BCUT2D eigenvalue weighted by Gasteiger charge is -2.40. The van der Waals surface area contributed by atoms with Gasteiger partial charge in [-0.05, 0) is 19.4 Å². The van der Waals surface area contributed by atoms with Crippen LogP contribution >= 0.6 is 0 Å². The third-order valence-corrected chi connectivity index (χ3v) is 4.15. The Labute approximate surface area is 152 Å². The zero-order chi connectivity index (χ0) is 18.4. The number of nitrogens with zero attached hydrogens (tertiary/aromatic N) is 2. The predicted octanol–water partition coefficient (Wildman–Crippen LogP) is 1.37. The average molecular weight is 361 g/mol. The number of carbonyl (C=O) groups excluding carboxylic acids is 2. The van der Waals surface area contributed by atoms with Crippen LogP contribution in [0.4, 0.5) is 5.69 Å². The standard InChI is InChI=1S/C18H23N3O5/c1-2-3-9-24-15-10-14(11-20-12-15)21-8-4-7-19-13-18(21)25-16(22)5-6-17(23)26-18/h5-6,10-12,19H,2-4,7-9,13H2,1H3. The number of ether oxygens (including phenoxy) is 3. The maximum absolute atomic E-state index is 12.0. The molecule has 3 heterocycles. The van der Waals surface area contributed by atoms with Gasteiger partial charge in [-0.2, -0.15) is 0 Å². The van der Waals surface area contributed by atoms with E-state index < -0.39 is 17.8 Å². The highest BCUT2D eigenvalue weighted by atomic mass is 16.8. The molecule has 8 heteroatoms. The van der Waals surface area contributed by atoms with Gasteiger partial charge in [0, 0.05) is 24.8 Å². The van der Waals surface area contributed by atoms with Crippen LogP contribution in [0.2, 0.25) is 0 Å². The zero-order valence-electron chi connectivity index (χ0n) is 14.8. The van der Waals surface area contributed by atoms with Crippen LogP contribution in [0.15, 0.2) is 30.6 Å². The Morgan fingerprint density at radius 3 is 2.77 bits per heavy atom. The van der Waals surface area contributed by atoms with E-state index in [2.05, 4.69) is 17.2 Å². The van der Waals surface area contributed by atoms with Crippen molar-refractivity contribution in [3.05, 3.63) is 30.6 Å². The smallest absolute Gasteiger partial charge is 0.356 e. The topological polar surface area (TPSA) is 90.0 Å². The second-order valence-electron chi connectivity index (χ2n) is 6.15. The van der Waals surface area contributed by atoms with Crippen LogP contribution in [-0.4, -0.2) is 49.1 Å². The number of rotatable bonds is 5. The molecule has 1 fully saturated rings. The van der Waals surface area contributed by atoms with E-state index in [-0.39, 0.29) is 6.54 Å². The maximum atomic E-state index is 12.0. The van der Waals surface area contributed by atoms with Gasteiger partial charge >= 0.3 is 17.8 Å². The molecular formula is C18H23N3O5. The molecule has 0 radical (unpaired) electrons. The van der Waals surface area contributed by atoms with Crippen molar-refractivity contribution < 1.29 is 23.8 Å². The summed E-state index contributed by atoms with van der Waals surface area (Å²) < 4.78 is 16.8. The van der Waals surface area contributed by atoms with Crippen LogP contribution in [0, 0.1) is 0 Å². The first kappa shape index (κ1) is 18.2. The first-order valence-electron chi connectivity index (χ1n) is 8.83. The molecule has 2 aliphatic rings. The SMILES string of the molecule is CCCCOc1cncc(N2CCCNCC23OC(=O)C=CC(=O)O3)c1. The highest BCUT2D eigenvalue weighted by molar-refractivity contribution is 5.93. The van der Waals surface area contributed by atoms with Crippen LogP contribution in [0.5, 0.6) is 5.75 Å². The Morgan fingerprint density at radius 1 is 1.27 bits per heavy atom. The van der Waals surface area contributed by atoms with Crippen molar-refractivity contribution in [2.75, 3.05) is 31.1 Å². The number of carbonyl (C=O) groups is 2. The Hall–Kier alpha value is -2.61. The lowest BCUT2D eigenvalue weighted by molar-refractivity contribution is -0.217. The van der Waals surface area contributed by atoms with Gasteiger partial charge in [-0.25, -0.2) is 9.59 Å². The van der Waals surface area contributed by atoms with Crippen molar-refractivity contribution in [3.8, 4) is 5.75 Å². The van der Waals surface area contributed by atoms with Crippen molar-refractivity contribution in [2.24, 2.45) is 0 Å². The van der Waals surface area contributed by atoms with Gasteiger partial charge in [-0.1, -0.05) is 13.3 Å². The zero-order valence-corrected chi connectivity index (χ0v) is 14.8. The highest BCUT2D eigenvalue weighted by Gasteiger charge is 2.47. The molecule has 0 aromatic carbocycles. The first-order chi connectivity index (χ1) is 12.6. The van der Waals surface area contributed by atoms with Crippen LogP contribution in [-0.2, 0) is 19.1 Å². The van der Waals surface area contributed by atoms with E-state index >= 15 is 0 Å². The molecule has 0 aliphatic carbocycles. The van der Waals surface area contributed by atoms with E-state index in [1.54, 1.807) is 17.3 Å². The number of aromatic nitrogens is 1. The summed E-state index contributed by atoms with van der Waals surface area (Å²) in [6.07, 6.45) is 8.18. The maximum Gasteiger partial charge on any atom is 0.356 e. The summed E-state index contributed by atoms with van der Waals surface area (Å²) in [5, 5.41) is 3.16. The molecule has 1 spiro atoms. The fourth-order valence-electron chi connectivity index (χ4n) is 2.89. The van der Waals surface area contributed by atoms with Crippen molar-refractivity contribution in [1.82, 2.24) is 10.3 Å². The number of hydrogen-bond donors (Lipinski definition) is 1. The largest absolute Gasteiger partial charge is 0.492 e. The Bertz CT molecular complexity index is 671. The fourth-order valence-corrected chi connectivity index (χ4v) is 2.89. The minimum atomic E-state index is -1.56. The summed E-state index contributed by atoms with van der Waals surface area (Å²) in [7, 11) is 0. The van der Waals surface area contributed by atoms with Gasteiger partial charge in [0.15, 0.2) is 0 Å². The summed E-state index contributed by atoms with van der Waals surface area (Å²) >= 11 is 0. The average Bonchev–Trinajstić information content (AvgIpc) is 2.91. The van der Waals surface area contributed by atoms with Crippen molar-refractivity contribution >= 4 is 17.6 Å². The molecule has 3 rings (SSSR count). The minimum Gasteiger partial charge on any atom is -0.492 e. The van der Waals surface area contributed by atoms with Gasteiger partial charge < -0.3 is 19.5 Å². The van der Waals surface area contributed by atoms with Crippen molar-refractivity contribution in [1.29, 1.82) is 0 Å². The lowest BCUT2D eigenvalue weighted by Crippen LogP contribution is -2.58. The molecule has 0 atom stereocenters. The van der Waals surface area contributed by atoms with Gasteiger partial charge in [-0.15, -0.1) is 0 Å². The molecule has 1 aromatic heterocycles. The summed E-state index contributed by atoms with van der Waals surface area (Å²) in [5.74, 6) is -2.20. The van der Waals surface area contributed by atoms with Crippen LogP contribution in [0.3, 0.4) is 0 Å². The van der Waals surface area contributed by atoms with Crippen LogP contribution in [0.25, 0.3) is 0 Å². The number of esters is 2. The molecule has 0 saturated carbocycles. The van der Waals surface area contributed by atoms with E-state index in [4.69, 9.17) is 14.2 Å². The van der Waals surface area contributed by atoms with E-state index in [0.29, 0.717) is 31.1 Å². The summed E-state index contributed by atoms with van der Waals surface area (Å²) in [6.45, 7) is 4.08. The monoisotopic (exact) mass is 361 g/mol. The number of pyridine rings is 1. The first-order valence-corrected chi connectivity index (χ1v) is 8.83. The lowest BCUT2D eigenvalue weighted by atomic mass is 10.2. The Balaban J connectivity index is 1.90. The molecule has 1 N–H and O–H groups in total. The molecule has 0 unspecified atom stereocenters. The van der Waals surface area contributed by atoms with Gasteiger partial charge in [0.05, 0.1) is 31.2 Å². The van der Waals surface area contributed by atoms with Gasteiger partial charge in [0.1, 0.15) is 5.75 Å². The van der Waals surface area contributed by atoms with E-state index in [9.17, 15) is 9.59 Å². The molecule has 26 heavy (non-hydrogen) atoms. The third-order valence-electron chi connectivity index (χ3n) is 4.15. The molecule has 1 saturated heterocycles. The normalized spacial score (nSPS) is 19.5. The molecule has 140 valence electrons. The molecule has 2 aliphatic heterocycles. The molecule has 0 bridgehead atoms. The second kappa shape index (κ2) is 8.18. The van der Waals surface area contributed by atoms with E-state index in [1.807, 2.05) is 6.07 Å². The highest BCUT2D eigenvalue weighted by Crippen LogP contribution is 2.31. The number of unbranched alkanes of at least 4 members (excludes halogenated alkanes) is 1. The number of anilines is 1. The second-order valence-corrected chi connectivity index (χ2v) is 6.15. The van der Waals surface area contributed by atoms with Gasteiger partial charge in [0.25, 0.3) is 0 Å². The summed E-state index contributed by atoms with van der Waals surface area (Å²) in [4.78, 5) is 30.0. The summed E-state index contributed by atoms with van der Waals surface area (Å²) in [5.41, 5.74) is 0.658. The molecule has 0 amide bonds. The minimum absolute atomic E-state index is 0.160. The van der Waals surface area contributed by atoms with E-state index in [0.717, 1.165) is 31.4 Å². The van der Waals surface area contributed by atoms with Crippen LogP contribution in [0.1, 0.15) is 26.2 Å². The van der Waals surface area contributed by atoms with Gasteiger partial charge in [-0.3, -0.25) is 9.88 Å². The van der Waals surface area contributed by atoms with Crippen LogP contribution < -0.4 is 15.0 Å². The predicted molar refractivity (Wildman–Crippen MR) is 93.5 cm³/mol. The number of hydrogen-bond acceptors (Lipinski definition) is 8. The van der Waals surface area contributed by atoms with Gasteiger partial charge in [0.2, 0.25) is 0 Å². The Morgan fingerprint density at radius 2 is 2.04 bits per heavy atom. The van der Waals surface area contributed by atoms with Crippen molar-refractivity contribution in [2.45, 2.75) is 32.1 Å². The third kappa shape index (κ3) is 4.13. The molecular weight excluding hydrogens is 338 g/mol. The number of nitrogens with one attached hydrogen (secondary N) is 1. The molecule has 8 nitrogen and oxygen atoms in total. The van der Waals surface area contributed by atoms with Crippen molar-refractivity contribution in [3.63, 3.8) is 0 Å². The van der Waals surface area contributed by atoms with E-state index in [1.165, 1.54) is 0 Å². The Kier molecular flexibility index (Phi) is 5.72. The molecule has 1 aromatic rings.